The lowest BCUT2D eigenvalue weighted by atomic mass is 10.2. The van der Waals surface area contributed by atoms with Crippen molar-refractivity contribution in [1.82, 2.24) is 15.3 Å². The van der Waals surface area contributed by atoms with Crippen LogP contribution >= 0.6 is 11.3 Å². The summed E-state index contributed by atoms with van der Waals surface area (Å²) in [5, 5.41) is 3.97. The van der Waals surface area contributed by atoms with Gasteiger partial charge in [0.15, 0.2) is 0 Å². The van der Waals surface area contributed by atoms with E-state index in [1.54, 1.807) is 6.20 Å². The molecule has 2 aromatic heterocycles. The van der Waals surface area contributed by atoms with Crippen LogP contribution in [0.15, 0.2) is 18.3 Å². The summed E-state index contributed by atoms with van der Waals surface area (Å²) in [7, 11) is 3.88. The zero-order chi connectivity index (χ0) is 16.3. The number of rotatable bonds is 5. The van der Waals surface area contributed by atoms with Crippen molar-refractivity contribution >= 4 is 23.1 Å². The van der Waals surface area contributed by atoms with Crippen LogP contribution in [0.3, 0.4) is 0 Å². The van der Waals surface area contributed by atoms with E-state index in [9.17, 15) is 4.79 Å². The summed E-state index contributed by atoms with van der Waals surface area (Å²) < 4.78 is 0. The fraction of sp³-hybridized carbons (Fsp3) is 0.438. The number of hydrogen-bond acceptors (Lipinski definition) is 5. The highest BCUT2D eigenvalue weighted by atomic mass is 32.1. The highest BCUT2D eigenvalue weighted by Gasteiger charge is 2.17. The summed E-state index contributed by atoms with van der Waals surface area (Å²) >= 11 is 1.47. The predicted octanol–water partition coefficient (Wildman–Crippen LogP) is 2.97. The Morgan fingerprint density at radius 1 is 1.41 bits per heavy atom. The van der Waals surface area contributed by atoms with Crippen molar-refractivity contribution in [3.05, 3.63) is 39.5 Å². The van der Waals surface area contributed by atoms with E-state index in [2.05, 4.69) is 29.1 Å². The Morgan fingerprint density at radius 3 is 2.73 bits per heavy atom. The summed E-state index contributed by atoms with van der Waals surface area (Å²) in [6.45, 7) is 6.50. The SMILES string of the molecule is Cc1nc(C(C)C)sc1C(=O)NCc1cccnc1N(C)C. The number of carbonyl (C=O) groups is 1. The Hall–Kier alpha value is -1.95. The molecule has 0 fully saturated rings. The molecule has 0 unspecified atom stereocenters. The van der Waals surface area contributed by atoms with Gasteiger partial charge in [0.25, 0.3) is 5.91 Å². The van der Waals surface area contributed by atoms with Crippen molar-refractivity contribution in [1.29, 1.82) is 0 Å². The Morgan fingerprint density at radius 2 is 2.14 bits per heavy atom. The minimum atomic E-state index is -0.0736. The number of hydrogen-bond donors (Lipinski definition) is 1. The molecule has 0 aliphatic rings. The molecule has 0 atom stereocenters. The van der Waals surface area contributed by atoms with Crippen LogP contribution in [0.4, 0.5) is 5.82 Å². The van der Waals surface area contributed by atoms with Gasteiger partial charge in [-0.1, -0.05) is 19.9 Å². The van der Waals surface area contributed by atoms with E-state index in [1.165, 1.54) is 11.3 Å². The molecule has 0 aliphatic carbocycles. The van der Waals surface area contributed by atoms with E-state index in [1.807, 2.05) is 38.1 Å². The van der Waals surface area contributed by atoms with Crippen molar-refractivity contribution in [2.45, 2.75) is 33.2 Å². The Kier molecular flexibility index (Phi) is 5.13. The van der Waals surface area contributed by atoms with Gasteiger partial charge in [0.1, 0.15) is 10.7 Å². The van der Waals surface area contributed by atoms with E-state index in [0.29, 0.717) is 17.3 Å². The molecule has 0 aliphatic heterocycles. The second-order valence-electron chi connectivity index (χ2n) is 5.68. The molecule has 0 aromatic carbocycles. The molecular formula is C16H22N4OS. The Bertz CT molecular complexity index is 664. The van der Waals surface area contributed by atoms with Gasteiger partial charge in [-0.05, 0) is 13.0 Å². The van der Waals surface area contributed by atoms with Crippen molar-refractivity contribution in [3.63, 3.8) is 0 Å². The van der Waals surface area contributed by atoms with Crippen LogP contribution in [0.25, 0.3) is 0 Å². The second-order valence-corrected chi connectivity index (χ2v) is 6.72. The highest BCUT2D eigenvalue weighted by molar-refractivity contribution is 7.13. The summed E-state index contributed by atoms with van der Waals surface area (Å²) in [5.41, 5.74) is 1.79. The van der Waals surface area contributed by atoms with Crippen LogP contribution in [0.5, 0.6) is 0 Å². The molecule has 2 aromatic rings. The van der Waals surface area contributed by atoms with Gasteiger partial charge in [0, 0.05) is 38.3 Å². The van der Waals surface area contributed by atoms with E-state index in [4.69, 9.17) is 0 Å². The average Bonchev–Trinajstić information content (AvgIpc) is 2.87. The Labute approximate surface area is 135 Å². The third-order valence-corrected chi connectivity index (χ3v) is 4.70. The number of nitrogens with zero attached hydrogens (tertiary/aromatic N) is 3. The Balaban J connectivity index is 2.11. The number of nitrogens with one attached hydrogen (secondary N) is 1. The van der Waals surface area contributed by atoms with Gasteiger partial charge in [-0.25, -0.2) is 9.97 Å². The molecule has 0 spiro atoms. The molecule has 2 heterocycles. The molecule has 6 heteroatoms. The third-order valence-electron chi connectivity index (χ3n) is 3.24. The van der Waals surface area contributed by atoms with Crippen molar-refractivity contribution in [2.75, 3.05) is 19.0 Å². The highest BCUT2D eigenvalue weighted by Crippen LogP contribution is 2.24. The molecular weight excluding hydrogens is 296 g/mol. The number of pyridine rings is 1. The first-order valence-corrected chi connectivity index (χ1v) is 8.08. The fourth-order valence-electron chi connectivity index (χ4n) is 2.10. The molecule has 0 radical (unpaired) electrons. The van der Waals surface area contributed by atoms with Gasteiger partial charge in [0.05, 0.1) is 10.7 Å². The molecule has 0 bridgehead atoms. The van der Waals surface area contributed by atoms with Crippen molar-refractivity contribution in [3.8, 4) is 0 Å². The van der Waals surface area contributed by atoms with Gasteiger partial charge < -0.3 is 10.2 Å². The standard InChI is InChI=1S/C16H22N4OS/c1-10(2)16-19-11(3)13(22-16)15(21)18-9-12-7-6-8-17-14(12)20(4)5/h6-8,10H,9H2,1-5H3,(H,18,21). The average molecular weight is 318 g/mol. The maximum atomic E-state index is 12.4. The first-order valence-electron chi connectivity index (χ1n) is 7.27. The van der Waals surface area contributed by atoms with Crippen LogP contribution in [-0.2, 0) is 6.54 Å². The summed E-state index contributed by atoms with van der Waals surface area (Å²) in [5.74, 6) is 1.13. The van der Waals surface area contributed by atoms with E-state index < -0.39 is 0 Å². The molecule has 2 rings (SSSR count). The smallest absolute Gasteiger partial charge is 0.263 e. The van der Waals surface area contributed by atoms with Crippen LogP contribution in [0, 0.1) is 6.92 Å². The first-order chi connectivity index (χ1) is 10.4. The lowest BCUT2D eigenvalue weighted by Gasteiger charge is -2.15. The van der Waals surface area contributed by atoms with Crippen LogP contribution in [0.2, 0.25) is 0 Å². The van der Waals surface area contributed by atoms with Gasteiger partial charge in [-0.15, -0.1) is 11.3 Å². The van der Waals surface area contributed by atoms with Crippen molar-refractivity contribution < 1.29 is 4.79 Å². The normalized spacial score (nSPS) is 10.8. The monoisotopic (exact) mass is 318 g/mol. The lowest BCUT2D eigenvalue weighted by Crippen LogP contribution is -2.24. The predicted molar refractivity (Wildman–Crippen MR) is 90.7 cm³/mol. The molecule has 5 nitrogen and oxygen atoms in total. The van der Waals surface area contributed by atoms with Gasteiger partial charge in [-0.2, -0.15) is 0 Å². The van der Waals surface area contributed by atoms with E-state index in [0.717, 1.165) is 22.1 Å². The van der Waals surface area contributed by atoms with Gasteiger partial charge in [0.2, 0.25) is 0 Å². The summed E-state index contributed by atoms with van der Waals surface area (Å²) in [6, 6.07) is 3.85. The van der Waals surface area contributed by atoms with Crippen LogP contribution in [-0.4, -0.2) is 30.0 Å². The minimum Gasteiger partial charge on any atom is -0.362 e. The summed E-state index contributed by atoms with van der Waals surface area (Å²) in [4.78, 5) is 23.8. The zero-order valence-corrected chi connectivity index (χ0v) is 14.5. The molecule has 22 heavy (non-hydrogen) atoms. The second kappa shape index (κ2) is 6.87. The zero-order valence-electron chi connectivity index (χ0n) is 13.7. The maximum absolute atomic E-state index is 12.4. The van der Waals surface area contributed by atoms with E-state index in [-0.39, 0.29) is 5.91 Å². The van der Waals surface area contributed by atoms with E-state index >= 15 is 0 Å². The van der Waals surface area contributed by atoms with Crippen LogP contribution in [0.1, 0.15) is 45.7 Å². The first kappa shape index (κ1) is 16.4. The topological polar surface area (TPSA) is 58.1 Å². The van der Waals surface area contributed by atoms with Gasteiger partial charge >= 0.3 is 0 Å². The number of aryl methyl sites for hydroxylation is 1. The number of thiazole rings is 1. The number of amides is 1. The number of anilines is 1. The minimum absolute atomic E-state index is 0.0736. The number of carbonyl (C=O) groups excluding carboxylic acids is 1. The van der Waals surface area contributed by atoms with Crippen LogP contribution < -0.4 is 10.2 Å². The molecule has 1 N–H and O–H groups in total. The molecule has 118 valence electrons. The van der Waals surface area contributed by atoms with Gasteiger partial charge in [-0.3, -0.25) is 4.79 Å². The fourth-order valence-corrected chi connectivity index (χ4v) is 3.09. The molecule has 0 saturated heterocycles. The van der Waals surface area contributed by atoms with Crippen molar-refractivity contribution in [2.24, 2.45) is 0 Å². The lowest BCUT2D eigenvalue weighted by molar-refractivity contribution is 0.0954. The largest absolute Gasteiger partial charge is 0.362 e. The molecule has 1 amide bonds. The molecule has 0 saturated carbocycles. The maximum Gasteiger partial charge on any atom is 0.263 e. The summed E-state index contributed by atoms with van der Waals surface area (Å²) in [6.07, 6.45) is 1.75. The third kappa shape index (κ3) is 3.62. The quantitative estimate of drug-likeness (QED) is 0.921. The number of aromatic nitrogens is 2.